The van der Waals surface area contributed by atoms with Crippen LogP contribution in [-0.2, 0) is 0 Å². The number of unbranched alkanes of at least 4 members (excludes halogenated alkanes) is 1. The number of hydrogen-bond donors (Lipinski definition) is 2. The Morgan fingerprint density at radius 2 is 2.17 bits per heavy atom. The van der Waals surface area contributed by atoms with Crippen molar-refractivity contribution in [1.29, 1.82) is 0 Å². The summed E-state index contributed by atoms with van der Waals surface area (Å²) in [5.74, 6) is 0.759. The average molecular weight is 314 g/mol. The molecule has 5 heteroatoms. The quantitative estimate of drug-likeness (QED) is 0.825. The van der Waals surface area contributed by atoms with Crippen LogP contribution in [0.2, 0.25) is 0 Å². The molecule has 0 aliphatic carbocycles. The summed E-state index contributed by atoms with van der Waals surface area (Å²) in [5.41, 5.74) is 8.34. The van der Waals surface area contributed by atoms with Crippen molar-refractivity contribution in [2.24, 2.45) is 5.73 Å². The molecule has 124 valence electrons. The van der Waals surface area contributed by atoms with Crippen LogP contribution >= 0.6 is 0 Å². The average Bonchev–Trinajstić information content (AvgIpc) is 2.86. The van der Waals surface area contributed by atoms with Crippen molar-refractivity contribution < 1.29 is 4.79 Å². The molecular weight excluding hydrogens is 288 g/mol. The maximum atomic E-state index is 12.6. The number of amides is 1. The number of aromatic nitrogens is 2. The van der Waals surface area contributed by atoms with Crippen LogP contribution in [0.25, 0.3) is 5.82 Å². The molecule has 2 aromatic heterocycles. The maximum absolute atomic E-state index is 12.6. The van der Waals surface area contributed by atoms with Crippen LogP contribution in [0.15, 0.2) is 30.5 Å². The van der Waals surface area contributed by atoms with E-state index < -0.39 is 0 Å². The fourth-order valence-electron chi connectivity index (χ4n) is 2.79. The molecule has 0 radical (unpaired) electrons. The van der Waals surface area contributed by atoms with E-state index in [4.69, 9.17) is 5.73 Å². The lowest BCUT2D eigenvalue weighted by Gasteiger charge is -2.16. The van der Waals surface area contributed by atoms with Gasteiger partial charge in [0.25, 0.3) is 5.91 Å². The lowest BCUT2D eigenvalue weighted by Crippen LogP contribution is -2.40. The van der Waals surface area contributed by atoms with Gasteiger partial charge in [-0.25, -0.2) is 4.98 Å². The monoisotopic (exact) mass is 314 g/mol. The molecule has 2 rings (SSSR count). The zero-order chi connectivity index (χ0) is 16.8. The molecule has 0 aliphatic rings. The third kappa shape index (κ3) is 3.99. The van der Waals surface area contributed by atoms with Crippen LogP contribution < -0.4 is 11.1 Å². The summed E-state index contributed by atoms with van der Waals surface area (Å²) < 4.78 is 2.00. The number of rotatable bonds is 7. The second-order valence-corrected chi connectivity index (χ2v) is 5.86. The molecule has 5 nitrogen and oxygen atoms in total. The van der Waals surface area contributed by atoms with Crippen LogP contribution in [-0.4, -0.2) is 28.0 Å². The van der Waals surface area contributed by atoms with Gasteiger partial charge in [-0.05, 0) is 38.5 Å². The second kappa shape index (κ2) is 7.92. The van der Waals surface area contributed by atoms with E-state index in [-0.39, 0.29) is 11.9 Å². The summed E-state index contributed by atoms with van der Waals surface area (Å²) in [6.07, 6.45) is 4.83. The number of carbonyl (C=O) groups is 1. The first-order valence-corrected chi connectivity index (χ1v) is 8.19. The van der Waals surface area contributed by atoms with Crippen LogP contribution in [0.3, 0.4) is 0 Å². The molecule has 23 heavy (non-hydrogen) atoms. The van der Waals surface area contributed by atoms with Crippen molar-refractivity contribution in [3.63, 3.8) is 0 Å². The third-order valence-electron chi connectivity index (χ3n) is 4.08. The number of hydrogen-bond acceptors (Lipinski definition) is 3. The molecule has 2 aromatic rings. The Hall–Kier alpha value is -2.14. The zero-order valence-corrected chi connectivity index (χ0v) is 14.2. The van der Waals surface area contributed by atoms with E-state index in [1.54, 1.807) is 6.20 Å². The van der Waals surface area contributed by atoms with Gasteiger partial charge in [0.15, 0.2) is 0 Å². The van der Waals surface area contributed by atoms with E-state index in [0.717, 1.165) is 36.5 Å². The molecule has 0 spiro atoms. The predicted octanol–water partition coefficient (Wildman–Crippen LogP) is 2.74. The summed E-state index contributed by atoms with van der Waals surface area (Å²) in [5, 5.41) is 3.05. The van der Waals surface area contributed by atoms with E-state index in [1.165, 1.54) is 0 Å². The first-order chi connectivity index (χ1) is 11.1. The number of nitrogens with one attached hydrogen (secondary N) is 1. The van der Waals surface area contributed by atoms with Gasteiger partial charge >= 0.3 is 0 Å². The Labute approximate surface area is 137 Å². The molecule has 2 heterocycles. The highest BCUT2D eigenvalue weighted by Gasteiger charge is 2.19. The Bertz CT molecular complexity index is 649. The van der Waals surface area contributed by atoms with E-state index in [2.05, 4.69) is 17.2 Å². The number of nitrogens with two attached hydrogens (primary N) is 1. The molecular formula is C18H26N4O. The molecule has 1 atom stereocenters. The Morgan fingerprint density at radius 3 is 2.78 bits per heavy atom. The van der Waals surface area contributed by atoms with Gasteiger partial charge in [0.05, 0.1) is 5.56 Å². The van der Waals surface area contributed by atoms with Crippen molar-refractivity contribution in [1.82, 2.24) is 14.9 Å². The summed E-state index contributed by atoms with van der Waals surface area (Å²) >= 11 is 0. The minimum Gasteiger partial charge on any atom is -0.348 e. The highest BCUT2D eigenvalue weighted by molar-refractivity contribution is 5.96. The van der Waals surface area contributed by atoms with Crippen molar-refractivity contribution >= 4 is 5.91 Å². The molecule has 0 fully saturated rings. The number of aryl methyl sites for hydroxylation is 1. The smallest absolute Gasteiger partial charge is 0.253 e. The number of nitrogens with zero attached hydrogens (tertiary/aromatic N) is 2. The van der Waals surface area contributed by atoms with Crippen molar-refractivity contribution in [2.45, 2.75) is 46.1 Å². The van der Waals surface area contributed by atoms with Crippen molar-refractivity contribution in [3.05, 3.63) is 47.4 Å². The standard InChI is InChI=1S/C18H26N4O/c1-4-5-8-15(12-19)21-18(23)16-11-13(2)22(14(16)3)17-9-6-7-10-20-17/h6-7,9-11,15H,4-5,8,12,19H2,1-3H3,(H,21,23). The van der Waals surface area contributed by atoms with E-state index in [9.17, 15) is 4.79 Å². The molecule has 1 unspecified atom stereocenters. The Balaban J connectivity index is 2.22. The summed E-state index contributed by atoms with van der Waals surface area (Å²) in [4.78, 5) is 17.0. The molecule has 0 saturated carbocycles. The molecule has 3 N–H and O–H groups in total. The zero-order valence-electron chi connectivity index (χ0n) is 14.2. The predicted molar refractivity (Wildman–Crippen MR) is 92.9 cm³/mol. The maximum Gasteiger partial charge on any atom is 0.253 e. The van der Waals surface area contributed by atoms with E-state index in [0.29, 0.717) is 12.1 Å². The van der Waals surface area contributed by atoms with Crippen LogP contribution in [0.4, 0.5) is 0 Å². The highest BCUT2D eigenvalue weighted by atomic mass is 16.1. The summed E-state index contributed by atoms with van der Waals surface area (Å²) in [7, 11) is 0. The first kappa shape index (κ1) is 17.2. The number of pyridine rings is 1. The molecule has 0 bridgehead atoms. The largest absolute Gasteiger partial charge is 0.348 e. The van der Waals surface area contributed by atoms with Gasteiger partial charge in [0.2, 0.25) is 0 Å². The van der Waals surface area contributed by atoms with Crippen LogP contribution in [0.5, 0.6) is 0 Å². The van der Waals surface area contributed by atoms with Gasteiger partial charge in [-0.1, -0.05) is 25.8 Å². The second-order valence-electron chi connectivity index (χ2n) is 5.86. The normalized spacial score (nSPS) is 12.2. The van der Waals surface area contributed by atoms with Gasteiger partial charge < -0.3 is 15.6 Å². The molecule has 0 saturated heterocycles. The molecule has 0 aromatic carbocycles. The summed E-state index contributed by atoms with van der Waals surface area (Å²) in [6.45, 7) is 6.52. The fraction of sp³-hybridized carbons (Fsp3) is 0.444. The Morgan fingerprint density at radius 1 is 1.39 bits per heavy atom. The van der Waals surface area contributed by atoms with Gasteiger partial charge in [-0.3, -0.25) is 4.79 Å². The topological polar surface area (TPSA) is 72.9 Å². The summed E-state index contributed by atoms with van der Waals surface area (Å²) in [6, 6.07) is 7.69. The lowest BCUT2D eigenvalue weighted by molar-refractivity contribution is 0.0935. The fourth-order valence-corrected chi connectivity index (χ4v) is 2.79. The highest BCUT2D eigenvalue weighted by Crippen LogP contribution is 2.19. The van der Waals surface area contributed by atoms with Gasteiger partial charge in [0, 0.05) is 30.2 Å². The van der Waals surface area contributed by atoms with Crippen molar-refractivity contribution in [3.8, 4) is 5.82 Å². The molecule has 1 amide bonds. The molecule has 0 aliphatic heterocycles. The van der Waals surface area contributed by atoms with Crippen molar-refractivity contribution in [2.75, 3.05) is 6.54 Å². The van der Waals surface area contributed by atoms with Gasteiger partial charge in [-0.2, -0.15) is 0 Å². The Kier molecular flexibility index (Phi) is 5.93. The van der Waals surface area contributed by atoms with Gasteiger partial charge in [0.1, 0.15) is 5.82 Å². The van der Waals surface area contributed by atoms with E-state index >= 15 is 0 Å². The third-order valence-corrected chi connectivity index (χ3v) is 4.08. The minimum absolute atomic E-state index is 0.0281. The number of carbonyl (C=O) groups excluding carboxylic acids is 1. The minimum atomic E-state index is -0.0631. The SMILES string of the molecule is CCCCC(CN)NC(=O)c1cc(C)n(-c2ccccn2)c1C. The lowest BCUT2D eigenvalue weighted by atomic mass is 10.1. The van der Waals surface area contributed by atoms with Gasteiger partial charge in [-0.15, -0.1) is 0 Å². The van der Waals surface area contributed by atoms with E-state index in [1.807, 2.05) is 42.7 Å². The van der Waals surface area contributed by atoms with Crippen LogP contribution in [0.1, 0.15) is 47.9 Å². The first-order valence-electron chi connectivity index (χ1n) is 8.19. The van der Waals surface area contributed by atoms with Crippen LogP contribution in [0, 0.1) is 13.8 Å².